The summed E-state index contributed by atoms with van der Waals surface area (Å²) in [6.07, 6.45) is 7.44. The van der Waals surface area contributed by atoms with Crippen LogP contribution in [0, 0.1) is 5.92 Å². The van der Waals surface area contributed by atoms with Gasteiger partial charge in [0.2, 0.25) is 5.91 Å². The van der Waals surface area contributed by atoms with E-state index in [4.69, 9.17) is 11.6 Å². The molecule has 36 heavy (non-hydrogen) atoms. The summed E-state index contributed by atoms with van der Waals surface area (Å²) >= 11 is 4.77. The Balaban J connectivity index is 1.51. The molecular weight excluding hydrogens is 494 g/mol. The molecule has 2 aliphatic rings. The van der Waals surface area contributed by atoms with Gasteiger partial charge in [-0.1, -0.05) is 25.7 Å². The Kier molecular flexibility index (Phi) is 8.25. The molecule has 2 amide bonds. The van der Waals surface area contributed by atoms with E-state index in [1.165, 1.54) is 30.5 Å². The molecular formula is C25H29ClF2N4O4. The van der Waals surface area contributed by atoms with E-state index < -0.39 is 17.6 Å². The number of alkyl halides is 3. The lowest BCUT2D eigenvalue weighted by Gasteiger charge is -2.22. The van der Waals surface area contributed by atoms with Crippen molar-refractivity contribution in [1.29, 1.82) is 0 Å². The number of amides is 2. The molecule has 1 saturated heterocycles. The number of ether oxygens (including phenoxy) is 1. The second kappa shape index (κ2) is 11.4. The third-order valence-electron chi connectivity index (χ3n) is 6.42. The quantitative estimate of drug-likeness (QED) is 0.350. The molecule has 0 bridgehead atoms. The summed E-state index contributed by atoms with van der Waals surface area (Å²) in [5.74, 6) is -0.326. The minimum absolute atomic E-state index is 0.0936. The van der Waals surface area contributed by atoms with Gasteiger partial charge in [-0.05, 0) is 49.6 Å². The number of carbonyl (C=O) groups excluding carboxylic acids is 2. The Morgan fingerprint density at radius 1 is 1.08 bits per heavy atom. The molecule has 4 rings (SSSR count). The maximum absolute atomic E-state index is 13.1. The molecule has 0 spiro atoms. The number of nitrogens with zero attached hydrogens (tertiary/aromatic N) is 2. The number of carbonyl (C=O) groups is 2. The number of rotatable bonds is 7. The van der Waals surface area contributed by atoms with Crippen LogP contribution in [0.2, 0.25) is 0 Å². The second-order valence-electron chi connectivity index (χ2n) is 9.19. The van der Waals surface area contributed by atoms with Crippen molar-refractivity contribution < 1.29 is 28.2 Å². The first-order chi connectivity index (χ1) is 17.2. The van der Waals surface area contributed by atoms with Crippen molar-refractivity contribution in [1.82, 2.24) is 4.98 Å². The van der Waals surface area contributed by atoms with Gasteiger partial charge in [-0.3, -0.25) is 9.59 Å². The van der Waals surface area contributed by atoms with Crippen LogP contribution in [0.4, 0.5) is 26.0 Å². The number of aliphatic hydroxyl groups excluding tert-OH is 1. The van der Waals surface area contributed by atoms with Crippen LogP contribution in [0.5, 0.6) is 5.75 Å². The van der Waals surface area contributed by atoms with Crippen molar-refractivity contribution >= 4 is 40.6 Å². The van der Waals surface area contributed by atoms with E-state index in [0.717, 1.165) is 38.5 Å². The molecule has 1 aliphatic heterocycles. The predicted octanol–water partition coefficient (Wildman–Crippen LogP) is 4.98. The fraction of sp³-hybridized carbons (Fsp3) is 0.480. The molecule has 2 aromatic rings. The summed E-state index contributed by atoms with van der Waals surface area (Å²) in [5, 5.41) is 15.6. The summed E-state index contributed by atoms with van der Waals surface area (Å²) in [5.41, 5.74) is -2.86. The molecule has 1 saturated carbocycles. The zero-order valence-corrected chi connectivity index (χ0v) is 20.4. The highest BCUT2D eigenvalue weighted by molar-refractivity contribution is 6.20. The smallest absolute Gasteiger partial charge is 0.420 e. The van der Waals surface area contributed by atoms with E-state index >= 15 is 0 Å². The third kappa shape index (κ3) is 7.04. The monoisotopic (exact) mass is 522 g/mol. The van der Waals surface area contributed by atoms with Crippen molar-refractivity contribution in [2.75, 3.05) is 28.6 Å². The molecule has 194 valence electrons. The standard InChI is InChI=1S/C25H29ClF2N4O4/c26-25(27,28)36-20-9-7-18(8-10-20)30-24(35)17-13-21(22(29-14-17)32-12-11-19(33)15-32)31-23(34)16-5-3-1-2-4-6-16/h7-10,13-14,16,19,33H,1-6,11-12,15H2,(H,30,35)(H,31,34)/t19-/m1/s1. The number of benzene rings is 1. The lowest BCUT2D eigenvalue weighted by Crippen LogP contribution is -2.27. The fourth-order valence-corrected chi connectivity index (χ4v) is 4.67. The maximum Gasteiger partial charge on any atom is 0.487 e. The van der Waals surface area contributed by atoms with E-state index in [0.29, 0.717) is 36.7 Å². The van der Waals surface area contributed by atoms with Gasteiger partial charge in [0, 0.05) is 42.5 Å². The lowest BCUT2D eigenvalue weighted by molar-refractivity contribution is -0.120. The fourth-order valence-electron chi connectivity index (χ4n) is 4.58. The van der Waals surface area contributed by atoms with Gasteiger partial charge in [0.15, 0.2) is 5.82 Å². The van der Waals surface area contributed by atoms with Crippen molar-refractivity contribution in [2.24, 2.45) is 5.92 Å². The number of hydrogen-bond donors (Lipinski definition) is 3. The van der Waals surface area contributed by atoms with Crippen LogP contribution in [0.1, 0.15) is 55.3 Å². The number of pyridine rings is 1. The number of hydrogen-bond acceptors (Lipinski definition) is 6. The molecule has 8 nitrogen and oxygen atoms in total. The molecule has 3 N–H and O–H groups in total. The van der Waals surface area contributed by atoms with Gasteiger partial charge >= 0.3 is 5.57 Å². The average Bonchev–Trinajstić information content (AvgIpc) is 3.08. The van der Waals surface area contributed by atoms with Crippen molar-refractivity contribution in [3.05, 3.63) is 42.1 Å². The van der Waals surface area contributed by atoms with Crippen LogP contribution in [-0.4, -0.2) is 46.7 Å². The Bertz CT molecular complexity index is 1070. The number of aromatic nitrogens is 1. The third-order valence-corrected chi connectivity index (χ3v) is 6.50. The Labute approximate surface area is 213 Å². The summed E-state index contributed by atoms with van der Waals surface area (Å²) < 4.78 is 29.9. The molecule has 2 heterocycles. The minimum atomic E-state index is -3.83. The lowest BCUT2D eigenvalue weighted by atomic mass is 9.99. The first-order valence-corrected chi connectivity index (χ1v) is 12.5. The number of aliphatic hydroxyl groups is 1. The highest BCUT2D eigenvalue weighted by atomic mass is 35.5. The first-order valence-electron chi connectivity index (χ1n) is 12.1. The van der Waals surface area contributed by atoms with E-state index in [9.17, 15) is 23.5 Å². The largest absolute Gasteiger partial charge is 0.487 e. The summed E-state index contributed by atoms with van der Waals surface area (Å²) in [6.45, 7) is 0.975. The van der Waals surface area contributed by atoms with Gasteiger partial charge in [-0.15, -0.1) is 8.78 Å². The zero-order chi connectivity index (χ0) is 25.7. The molecule has 0 radical (unpaired) electrons. The number of halogens is 3. The predicted molar refractivity (Wildman–Crippen MR) is 133 cm³/mol. The molecule has 1 atom stereocenters. The van der Waals surface area contributed by atoms with Crippen LogP contribution in [0.3, 0.4) is 0 Å². The van der Waals surface area contributed by atoms with Crippen LogP contribution >= 0.6 is 11.6 Å². The summed E-state index contributed by atoms with van der Waals surface area (Å²) in [7, 11) is 0. The zero-order valence-electron chi connectivity index (χ0n) is 19.7. The number of nitrogens with one attached hydrogen (secondary N) is 2. The second-order valence-corrected chi connectivity index (χ2v) is 9.63. The van der Waals surface area contributed by atoms with Gasteiger partial charge in [-0.2, -0.15) is 0 Å². The number of anilines is 3. The molecule has 2 fully saturated rings. The summed E-state index contributed by atoms with van der Waals surface area (Å²) in [4.78, 5) is 32.3. The molecule has 0 unspecified atom stereocenters. The topological polar surface area (TPSA) is 104 Å². The summed E-state index contributed by atoms with van der Waals surface area (Å²) in [6, 6.07) is 6.88. The van der Waals surface area contributed by atoms with Gasteiger partial charge in [-0.25, -0.2) is 4.98 Å². The maximum atomic E-state index is 13.1. The van der Waals surface area contributed by atoms with Crippen LogP contribution in [0.25, 0.3) is 0 Å². The van der Waals surface area contributed by atoms with Gasteiger partial charge in [0.25, 0.3) is 5.91 Å². The van der Waals surface area contributed by atoms with Crippen molar-refractivity contribution in [3.63, 3.8) is 0 Å². The highest BCUT2D eigenvalue weighted by Crippen LogP contribution is 2.31. The van der Waals surface area contributed by atoms with E-state index in [2.05, 4.69) is 20.4 Å². The normalized spacial score (nSPS) is 19.0. The Hall–Kier alpha value is -2.98. The van der Waals surface area contributed by atoms with Gasteiger partial charge in [0.05, 0.1) is 17.4 Å². The molecule has 11 heteroatoms. The number of β-amino-alcohol motifs (C(OH)–C–C–N with tert-alkyl or cyclic N) is 1. The molecule has 1 aliphatic carbocycles. The minimum Gasteiger partial charge on any atom is -0.420 e. The van der Waals surface area contributed by atoms with Crippen LogP contribution in [0.15, 0.2) is 36.5 Å². The van der Waals surface area contributed by atoms with E-state index in [1.54, 1.807) is 6.07 Å². The molecule has 1 aromatic heterocycles. The SMILES string of the molecule is O=C(Nc1ccc(OC(F)(F)Cl)cc1)c1cnc(N2CC[C@@H](O)C2)c(NC(=O)C2CCCCCC2)c1. The van der Waals surface area contributed by atoms with Crippen LogP contribution < -0.4 is 20.3 Å². The highest BCUT2D eigenvalue weighted by Gasteiger charge is 2.28. The van der Waals surface area contributed by atoms with Crippen LogP contribution in [-0.2, 0) is 4.79 Å². The Morgan fingerprint density at radius 2 is 1.78 bits per heavy atom. The molecule has 1 aromatic carbocycles. The average molecular weight is 523 g/mol. The van der Waals surface area contributed by atoms with Crippen molar-refractivity contribution in [2.45, 2.75) is 56.6 Å². The van der Waals surface area contributed by atoms with Gasteiger partial charge in [0.1, 0.15) is 5.75 Å². The van der Waals surface area contributed by atoms with Crippen molar-refractivity contribution in [3.8, 4) is 5.75 Å². The first kappa shape index (κ1) is 26.1. The van der Waals surface area contributed by atoms with Gasteiger partial charge < -0.3 is 25.4 Å². The Morgan fingerprint density at radius 3 is 2.39 bits per heavy atom. The van der Waals surface area contributed by atoms with E-state index in [1.807, 2.05) is 4.90 Å². The van der Waals surface area contributed by atoms with E-state index in [-0.39, 0.29) is 23.1 Å².